The summed E-state index contributed by atoms with van der Waals surface area (Å²) in [6.07, 6.45) is 0.951. The number of nitriles is 1. The predicted molar refractivity (Wildman–Crippen MR) is 91.3 cm³/mol. The molecule has 0 aliphatic rings. The van der Waals surface area contributed by atoms with Crippen LogP contribution in [0.5, 0.6) is 0 Å². The smallest absolute Gasteiger partial charge is 0.218 e. The van der Waals surface area contributed by atoms with E-state index in [-0.39, 0.29) is 20.5 Å². The zero-order valence-corrected chi connectivity index (χ0v) is 15.1. The van der Waals surface area contributed by atoms with Crippen LogP contribution in [0.3, 0.4) is 0 Å². The number of benzene rings is 2. The largest absolute Gasteiger partial charge is 0.218 e. The van der Waals surface area contributed by atoms with Gasteiger partial charge in [0.25, 0.3) is 0 Å². The Morgan fingerprint density at radius 2 is 1.91 bits per heavy atom. The maximum atomic E-state index is 13.8. The highest BCUT2D eigenvalue weighted by Gasteiger charge is 2.24. The minimum atomic E-state index is -4.23. The third-order valence-corrected chi connectivity index (χ3v) is 5.70. The monoisotopic (exact) mass is 433 g/mol. The Labute approximate surface area is 151 Å². The number of nitrogens with zero attached hydrogens (tertiary/aromatic N) is 1. The van der Waals surface area contributed by atoms with Crippen molar-refractivity contribution in [2.45, 2.75) is 4.90 Å². The quantitative estimate of drug-likeness (QED) is 0.621. The predicted octanol–water partition coefficient (Wildman–Crippen LogP) is 5.23. The van der Waals surface area contributed by atoms with Crippen LogP contribution < -0.4 is 0 Å². The molecular weight excluding hydrogens is 428 g/mol. The summed E-state index contributed by atoms with van der Waals surface area (Å²) in [5, 5.41) is 9.27. The minimum absolute atomic E-state index is 0.0438. The fraction of sp³-hybridized carbons (Fsp3) is 0. The molecule has 2 aromatic rings. The topological polar surface area (TPSA) is 57.9 Å². The van der Waals surface area contributed by atoms with Crippen LogP contribution in [0.15, 0.2) is 50.7 Å². The van der Waals surface area contributed by atoms with E-state index in [4.69, 9.17) is 23.2 Å². The zero-order chi connectivity index (χ0) is 17.2. The van der Waals surface area contributed by atoms with Gasteiger partial charge in [-0.15, -0.1) is 0 Å². The van der Waals surface area contributed by atoms with E-state index in [0.717, 1.165) is 18.2 Å². The van der Waals surface area contributed by atoms with Crippen LogP contribution in [-0.4, -0.2) is 8.42 Å². The molecule has 2 rings (SSSR count). The highest BCUT2D eigenvalue weighted by atomic mass is 79.9. The molecule has 0 spiro atoms. The Bertz CT molecular complexity index is 952. The first kappa shape index (κ1) is 18.0. The summed E-state index contributed by atoms with van der Waals surface area (Å²) in [5.74, 6) is -0.659. The van der Waals surface area contributed by atoms with E-state index in [2.05, 4.69) is 15.9 Å². The number of sulfone groups is 1. The Morgan fingerprint density at radius 3 is 2.57 bits per heavy atom. The summed E-state index contributed by atoms with van der Waals surface area (Å²) >= 11 is 14.8. The zero-order valence-electron chi connectivity index (χ0n) is 11.2. The van der Waals surface area contributed by atoms with Crippen molar-refractivity contribution in [1.82, 2.24) is 0 Å². The van der Waals surface area contributed by atoms with E-state index in [1.54, 1.807) is 6.07 Å². The van der Waals surface area contributed by atoms with Crippen LogP contribution in [0.1, 0.15) is 5.56 Å². The molecule has 0 atom stereocenters. The van der Waals surface area contributed by atoms with E-state index in [1.807, 2.05) is 0 Å². The van der Waals surface area contributed by atoms with Gasteiger partial charge in [0.05, 0.1) is 9.92 Å². The van der Waals surface area contributed by atoms with Crippen LogP contribution in [0.4, 0.5) is 4.39 Å². The molecule has 0 saturated carbocycles. The fourth-order valence-corrected chi connectivity index (χ4v) is 4.02. The van der Waals surface area contributed by atoms with Gasteiger partial charge in [-0.2, -0.15) is 5.26 Å². The van der Waals surface area contributed by atoms with Crippen LogP contribution >= 0.6 is 39.1 Å². The highest BCUT2D eigenvalue weighted by molar-refractivity contribution is 9.10. The molecule has 0 bridgehead atoms. The first-order chi connectivity index (χ1) is 10.8. The van der Waals surface area contributed by atoms with Crippen molar-refractivity contribution < 1.29 is 12.8 Å². The molecule has 0 unspecified atom stereocenters. The molecule has 118 valence electrons. The van der Waals surface area contributed by atoms with Gasteiger partial charge >= 0.3 is 0 Å². The first-order valence-electron chi connectivity index (χ1n) is 6.02. The number of hydrogen-bond donors (Lipinski definition) is 0. The molecule has 0 aliphatic heterocycles. The van der Waals surface area contributed by atoms with Gasteiger partial charge in [0, 0.05) is 15.1 Å². The Kier molecular flexibility index (Phi) is 5.48. The highest BCUT2D eigenvalue weighted by Crippen LogP contribution is 2.30. The van der Waals surface area contributed by atoms with E-state index in [0.29, 0.717) is 4.47 Å². The summed E-state index contributed by atoms with van der Waals surface area (Å²) in [5.41, 5.74) is -0.0438. The van der Waals surface area contributed by atoms with Crippen LogP contribution in [0.25, 0.3) is 6.08 Å². The summed E-state index contributed by atoms with van der Waals surface area (Å²) in [4.78, 5) is -0.950. The molecule has 8 heteroatoms. The Morgan fingerprint density at radius 1 is 1.22 bits per heavy atom. The van der Waals surface area contributed by atoms with Gasteiger partial charge in [-0.25, -0.2) is 12.8 Å². The lowest BCUT2D eigenvalue weighted by molar-refractivity contribution is 0.603. The maximum Gasteiger partial charge on any atom is 0.218 e. The standard InChI is InChI=1S/C15H7BrCl2FNO2S/c16-10-1-4-14(19)9(5-10)6-12(8-20)23(21,22)15-7-11(17)2-3-13(15)18/h1-7H/b12-6+. The number of rotatable bonds is 3. The number of allylic oxidation sites excluding steroid dienone is 1. The molecular formula is C15H7BrCl2FNO2S. The van der Waals surface area contributed by atoms with Crippen molar-refractivity contribution in [3.63, 3.8) is 0 Å². The van der Waals surface area contributed by atoms with Gasteiger partial charge in [0.2, 0.25) is 9.84 Å². The molecule has 0 fully saturated rings. The van der Waals surface area contributed by atoms with Crippen LogP contribution in [0.2, 0.25) is 10.0 Å². The van der Waals surface area contributed by atoms with Gasteiger partial charge in [-0.05, 0) is 42.5 Å². The molecule has 3 nitrogen and oxygen atoms in total. The second-order valence-electron chi connectivity index (χ2n) is 4.36. The van der Waals surface area contributed by atoms with Gasteiger partial charge < -0.3 is 0 Å². The number of hydrogen-bond acceptors (Lipinski definition) is 3. The lowest BCUT2D eigenvalue weighted by Crippen LogP contribution is -2.04. The summed E-state index contributed by atoms with van der Waals surface area (Å²) < 4.78 is 39.5. The molecule has 0 amide bonds. The molecule has 2 aromatic carbocycles. The Hall–Kier alpha value is -1.39. The van der Waals surface area contributed by atoms with Crippen molar-refractivity contribution in [2.75, 3.05) is 0 Å². The van der Waals surface area contributed by atoms with Crippen molar-refractivity contribution in [3.8, 4) is 6.07 Å². The molecule has 0 aliphatic carbocycles. The van der Waals surface area contributed by atoms with Gasteiger partial charge in [0.1, 0.15) is 16.8 Å². The van der Waals surface area contributed by atoms with E-state index >= 15 is 0 Å². The fourth-order valence-electron chi connectivity index (χ4n) is 1.74. The summed E-state index contributed by atoms with van der Waals surface area (Å²) in [7, 11) is -4.23. The van der Waals surface area contributed by atoms with Crippen molar-refractivity contribution in [3.05, 3.63) is 67.2 Å². The SMILES string of the molecule is N#C/C(=C\c1cc(Br)ccc1F)S(=O)(=O)c1cc(Cl)ccc1Cl. The van der Waals surface area contributed by atoms with E-state index in [9.17, 15) is 18.1 Å². The van der Waals surface area contributed by atoms with Crippen LogP contribution in [-0.2, 0) is 9.84 Å². The second kappa shape index (κ2) is 7.02. The minimum Gasteiger partial charge on any atom is -0.218 e. The molecule has 0 heterocycles. The van der Waals surface area contributed by atoms with Gasteiger partial charge in [-0.1, -0.05) is 39.1 Å². The summed E-state index contributed by atoms with van der Waals surface area (Å²) in [6, 6.07) is 9.43. The number of halogens is 4. The normalized spacial score (nSPS) is 12.0. The van der Waals surface area contributed by atoms with E-state index in [1.165, 1.54) is 24.3 Å². The maximum absolute atomic E-state index is 13.8. The van der Waals surface area contributed by atoms with Gasteiger partial charge in [0.15, 0.2) is 0 Å². The van der Waals surface area contributed by atoms with Crippen molar-refractivity contribution in [1.29, 1.82) is 5.26 Å². The third-order valence-electron chi connectivity index (χ3n) is 2.83. The van der Waals surface area contributed by atoms with Crippen LogP contribution in [0, 0.1) is 17.1 Å². The lowest BCUT2D eigenvalue weighted by atomic mass is 10.2. The van der Waals surface area contributed by atoms with Crippen molar-refractivity contribution >= 4 is 55.0 Å². The molecule has 0 radical (unpaired) electrons. The molecule has 0 aromatic heterocycles. The lowest BCUT2D eigenvalue weighted by Gasteiger charge is -2.06. The van der Waals surface area contributed by atoms with E-state index < -0.39 is 20.6 Å². The Balaban J connectivity index is 2.65. The van der Waals surface area contributed by atoms with Gasteiger partial charge in [-0.3, -0.25) is 0 Å². The average Bonchev–Trinajstić information content (AvgIpc) is 2.50. The molecule has 0 N–H and O–H groups in total. The second-order valence-corrected chi connectivity index (χ2v) is 8.01. The average molecular weight is 435 g/mol. The van der Waals surface area contributed by atoms with Crippen molar-refractivity contribution in [2.24, 2.45) is 0 Å². The molecule has 0 saturated heterocycles. The molecule has 23 heavy (non-hydrogen) atoms. The third kappa shape index (κ3) is 3.93. The summed E-state index contributed by atoms with van der Waals surface area (Å²) in [6.45, 7) is 0. The first-order valence-corrected chi connectivity index (χ1v) is 9.06.